The van der Waals surface area contributed by atoms with Crippen LogP contribution in [0.15, 0.2) is 23.6 Å². The Morgan fingerprint density at radius 3 is 2.82 bits per heavy atom. The van der Waals surface area contributed by atoms with Crippen molar-refractivity contribution < 1.29 is 14.3 Å². The van der Waals surface area contributed by atoms with Crippen LogP contribution in [0.3, 0.4) is 0 Å². The zero-order valence-corrected chi connectivity index (χ0v) is 12.7. The van der Waals surface area contributed by atoms with Gasteiger partial charge in [-0.3, -0.25) is 4.79 Å². The van der Waals surface area contributed by atoms with Gasteiger partial charge in [0.05, 0.1) is 0 Å². The summed E-state index contributed by atoms with van der Waals surface area (Å²) in [5.41, 5.74) is 1.46. The molecule has 0 spiro atoms. The summed E-state index contributed by atoms with van der Waals surface area (Å²) in [5, 5.41) is 5.59. The lowest BCUT2D eigenvalue weighted by molar-refractivity contribution is 0.0723. The van der Waals surface area contributed by atoms with Gasteiger partial charge in [0.25, 0.3) is 5.91 Å². The SMILES string of the molecule is O=C(c1csnn1)N(Cc1ccc2c(c1)OCCO2)C1CC1. The number of hydrogen-bond acceptors (Lipinski definition) is 6. The maximum atomic E-state index is 12.6. The van der Waals surface area contributed by atoms with Crippen molar-refractivity contribution >= 4 is 17.4 Å². The molecule has 0 radical (unpaired) electrons. The minimum absolute atomic E-state index is 0.0499. The van der Waals surface area contributed by atoms with E-state index in [4.69, 9.17) is 9.47 Å². The number of carbonyl (C=O) groups excluding carboxylic acids is 1. The molecule has 1 aromatic carbocycles. The molecule has 1 fully saturated rings. The molecule has 1 aliphatic heterocycles. The van der Waals surface area contributed by atoms with Crippen molar-refractivity contribution in [3.63, 3.8) is 0 Å². The summed E-state index contributed by atoms with van der Waals surface area (Å²) in [6, 6.07) is 6.15. The van der Waals surface area contributed by atoms with E-state index >= 15 is 0 Å². The average Bonchev–Trinajstić information content (AvgIpc) is 3.25. The number of benzene rings is 1. The molecule has 1 saturated carbocycles. The van der Waals surface area contributed by atoms with Crippen LogP contribution in [0.1, 0.15) is 28.9 Å². The fourth-order valence-corrected chi connectivity index (χ4v) is 2.97. The highest BCUT2D eigenvalue weighted by atomic mass is 32.1. The summed E-state index contributed by atoms with van der Waals surface area (Å²) < 4.78 is 14.9. The van der Waals surface area contributed by atoms with Gasteiger partial charge in [-0.05, 0) is 42.1 Å². The summed E-state index contributed by atoms with van der Waals surface area (Å²) in [6.07, 6.45) is 2.10. The van der Waals surface area contributed by atoms with Gasteiger partial charge in [-0.15, -0.1) is 5.10 Å². The lowest BCUT2D eigenvalue weighted by atomic mass is 10.1. The maximum absolute atomic E-state index is 12.6. The number of hydrogen-bond donors (Lipinski definition) is 0. The van der Waals surface area contributed by atoms with E-state index < -0.39 is 0 Å². The predicted octanol–water partition coefficient (Wildman–Crippen LogP) is 2.11. The highest BCUT2D eigenvalue weighted by Crippen LogP contribution is 2.33. The summed E-state index contributed by atoms with van der Waals surface area (Å²) >= 11 is 1.20. The van der Waals surface area contributed by atoms with Crippen molar-refractivity contribution in [2.45, 2.75) is 25.4 Å². The van der Waals surface area contributed by atoms with E-state index in [0.717, 1.165) is 29.9 Å². The van der Waals surface area contributed by atoms with Crippen molar-refractivity contribution in [3.8, 4) is 11.5 Å². The van der Waals surface area contributed by atoms with Gasteiger partial charge in [0.15, 0.2) is 17.2 Å². The van der Waals surface area contributed by atoms with Gasteiger partial charge in [-0.1, -0.05) is 10.6 Å². The molecule has 1 aliphatic carbocycles. The molecule has 2 aliphatic rings. The molecule has 2 heterocycles. The minimum Gasteiger partial charge on any atom is -0.486 e. The Kier molecular flexibility index (Phi) is 3.42. The fourth-order valence-electron chi connectivity index (χ4n) is 2.54. The first-order valence-corrected chi connectivity index (χ1v) is 8.11. The van der Waals surface area contributed by atoms with Crippen LogP contribution in [0.25, 0.3) is 0 Å². The highest BCUT2D eigenvalue weighted by molar-refractivity contribution is 7.03. The number of carbonyl (C=O) groups is 1. The monoisotopic (exact) mass is 317 g/mol. The fraction of sp³-hybridized carbons (Fsp3) is 0.400. The number of amides is 1. The first-order valence-electron chi connectivity index (χ1n) is 7.28. The first kappa shape index (κ1) is 13.5. The second kappa shape index (κ2) is 5.57. The molecule has 7 heteroatoms. The second-order valence-electron chi connectivity index (χ2n) is 5.43. The normalized spacial score (nSPS) is 16.4. The zero-order valence-electron chi connectivity index (χ0n) is 11.9. The minimum atomic E-state index is -0.0499. The number of aromatic nitrogens is 2. The summed E-state index contributed by atoms with van der Waals surface area (Å²) in [5.74, 6) is 1.47. The molecular formula is C15H15N3O3S. The third-order valence-electron chi connectivity index (χ3n) is 3.79. The third kappa shape index (κ3) is 2.64. The molecule has 0 bridgehead atoms. The Labute approximate surface area is 131 Å². The van der Waals surface area contributed by atoms with Gasteiger partial charge in [0.2, 0.25) is 0 Å². The third-order valence-corrected chi connectivity index (χ3v) is 4.29. The molecule has 1 amide bonds. The first-order chi connectivity index (χ1) is 10.8. The van der Waals surface area contributed by atoms with Crippen LogP contribution in [0.4, 0.5) is 0 Å². The largest absolute Gasteiger partial charge is 0.486 e. The molecule has 22 heavy (non-hydrogen) atoms. The van der Waals surface area contributed by atoms with Gasteiger partial charge in [0.1, 0.15) is 13.2 Å². The molecule has 0 saturated heterocycles. The Hall–Kier alpha value is -2.15. The van der Waals surface area contributed by atoms with Crippen LogP contribution < -0.4 is 9.47 Å². The van der Waals surface area contributed by atoms with Crippen molar-refractivity contribution in [2.75, 3.05) is 13.2 Å². The van der Waals surface area contributed by atoms with Crippen molar-refractivity contribution in [2.24, 2.45) is 0 Å². The van der Waals surface area contributed by atoms with E-state index in [1.165, 1.54) is 11.5 Å². The van der Waals surface area contributed by atoms with Crippen molar-refractivity contribution in [1.29, 1.82) is 0 Å². The van der Waals surface area contributed by atoms with Crippen LogP contribution in [-0.4, -0.2) is 39.6 Å². The van der Waals surface area contributed by atoms with E-state index in [9.17, 15) is 4.79 Å². The summed E-state index contributed by atoms with van der Waals surface area (Å²) in [7, 11) is 0. The molecule has 114 valence electrons. The molecule has 2 aromatic rings. The quantitative estimate of drug-likeness (QED) is 0.864. The summed E-state index contributed by atoms with van der Waals surface area (Å²) in [4.78, 5) is 14.4. The Morgan fingerprint density at radius 2 is 2.09 bits per heavy atom. The number of nitrogens with zero attached hydrogens (tertiary/aromatic N) is 3. The van der Waals surface area contributed by atoms with E-state index in [-0.39, 0.29) is 5.91 Å². The van der Waals surface area contributed by atoms with Gasteiger partial charge >= 0.3 is 0 Å². The maximum Gasteiger partial charge on any atom is 0.275 e. The van der Waals surface area contributed by atoms with E-state index in [1.54, 1.807) is 5.38 Å². The molecule has 0 atom stereocenters. The van der Waals surface area contributed by atoms with Crippen molar-refractivity contribution in [1.82, 2.24) is 14.5 Å². The molecular weight excluding hydrogens is 302 g/mol. The van der Waals surface area contributed by atoms with E-state index in [2.05, 4.69) is 9.59 Å². The number of rotatable bonds is 4. The Morgan fingerprint density at radius 1 is 1.27 bits per heavy atom. The van der Waals surface area contributed by atoms with Crippen LogP contribution in [-0.2, 0) is 6.54 Å². The van der Waals surface area contributed by atoms with E-state index in [1.807, 2.05) is 23.1 Å². The van der Waals surface area contributed by atoms with Gasteiger partial charge in [-0.25, -0.2) is 0 Å². The molecule has 1 aromatic heterocycles. The van der Waals surface area contributed by atoms with Gasteiger partial charge in [0, 0.05) is 18.0 Å². The highest BCUT2D eigenvalue weighted by Gasteiger charge is 2.34. The average molecular weight is 317 g/mol. The number of fused-ring (bicyclic) bond motifs is 1. The lowest BCUT2D eigenvalue weighted by Gasteiger charge is -2.23. The molecule has 0 unspecified atom stereocenters. The standard InChI is InChI=1S/C15H15N3O3S/c19-15(12-9-22-17-16-12)18(11-2-3-11)8-10-1-4-13-14(7-10)21-6-5-20-13/h1,4,7,9,11H,2-3,5-6,8H2. The molecule has 4 rings (SSSR count). The van der Waals surface area contributed by atoms with Crippen LogP contribution in [0.2, 0.25) is 0 Å². The van der Waals surface area contributed by atoms with Gasteiger partial charge in [-0.2, -0.15) is 0 Å². The zero-order chi connectivity index (χ0) is 14.9. The number of ether oxygens (including phenoxy) is 2. The second-order valence-corrected chi connectivity index (χ2v) is 6.04. The Bertz CT molecular complexity index is 685. The van der Waals surface area contributed by atoms with Crippen molar-refractivity contribution in [3.05, 3.63) is 34.8 Å². The topological polar surface area (TPSA) is 64.6 Å². The van der Waals surface area contributed by atoms with Crippen LogP contribution in [0.5, 0.6) is 11.5 Å². The Balaban J connectivity index is 1.56. The molecule has 0 N–H and O–H groups in total. The predicted molar refractivity (Wildman–Crippen MR) is 80.2 cm³/mol. The smallest absolute Gasteiger partial charge is 0.275 e. The van der Waals surface area contributed by atoms with E-state index in [0.29, 0.717) is 31.5 Å². The summed E-state index contributed by atoms with van der Waals surface area (Å²) in [6.45, 7) is 1.69. The van der Waals surface area contributed by atoms with Gasteiger partial charge < -0.3 is 14.4 Å². The lowest BCUT2D eigenvalue weighted by Crippen LogP contribution is -2.33. The van der Waals surface area contributed by atoms with Crippen LogP contribution in [0, 0.1) is 0 Å². The molecule has 6 nitrogen and oxygen atoms in total. The van der Waals surface area contributed by atoms with Crippen LogP contribution >= 0.6 is 11.5 Å².